The fraction of sp³-hybridized carbons (Fsp3) is 0.409. The van der Waals surface area contributed by atoms with E-state index < -0.39 is 29.1 Å². The lowest BCUT2D eigenvalue weighted by Crippen LogP contribution is -2.42. The number of ether oxygens (including phenoxy) is 1. The number of fused-ring (bicyclic) bond motifs is 1. The SMILES string of the molecule is CCOC(=O)[C@H]1CCCN(c2nc3c(c(=O)[nH]2)[C@@H](C(=O)Nc2cccc(F)c2)CC(=O)N3)C1. The number of carbonyl (C=O) groups is 3. The Bertz CT molecular complexity index is 1150. The molecule has 1 saturated heterocycles. The molecule has 2 atom stereocenters. The number of nitrogens with zero attached hydrogens (tertiary/aromatic N) is 2. The number of aromatic amines is 1. The van der Waals surface area contributed by atoms with Gasteiger partial charge in [0.15, 0.2) is 0 Å². The highest BCUT2D eigenvalue weighted by atomic mass is 19.1. The van der Waals surface area contributed by atoms with Gasteiger partial charge in [0.2, 0.25) is 17.8 Å². The molecule has 0 spiro atoms. The third-order valence-corrected chi connectivity index (χ3v) is 5.69. The monoisotopic (exact) mass is 457 g/mol. The molecule has 3 heterocycles. The number of amides is 2. The van der Waals surface area contributed by atoms with E-state index in [2.05, 4.69) is 20.6 Å². The lowest BCUT2D eigenvalue weighted by atomic mass is 9.92. The average Bonchev–Trinajstić information content (AvgIpc) is 2.78. The van der Waals surface area contributed by atoms with Gasteiger partial charge in [0.1, 0.15) is 11.6 Å². The fourth-order valence-electron chi connectivity index (χ4n) is 4.15. The van der Waals surface area contributed by atoms with Gasteiger partial charge in [-0.2, -0.15) is 4.98 Å². The van der Waals surface area contributed by atoms with Crippen molar-refractivity contribution in [1.82, 2.24) is 9.97 Å². The number of H-pyrrole nitrogens is 1. The minimum atomic E-state index is -1.09. The van der Waals surface area contributed by atoms with Gasteiger partial charge < -0.3 is 20.3 Å². The Hall–Kier alpha value is -3.76. The van der Waals surface area contributed by atoms with Crippen molar-refractivity contribution in [2.24, 2.45) is 5.92 Å². The van der Waals surface area contributed by atoms with Crippen LogP contribution in [0.2, 0.25) is 0 Å². The Kier molecular flexibility index (Phi) is 6.38. The molecular weight excluding hydrogens is 433 g/mol. The summed E-state index contributed by atoms with van der Waals surface area (Å²) < 4.78 is 18.6. The minimum absolute atomic E-state index is 0.00245. The number of carbonyl (C=O) groups excluding carboxylic acids is 3. The number of nitrogens with one attached hydrogen (secondary N) is 3. The summed E-state index contributed by atoms with van der Waals surface area (Å²) in [6.45, 7) is 2.91. The summed E-state index contributed by atoms with van der Waals surface area (Å²) in [4.78, 5) is 59.1. The molecule has 2 aromatic rings. The molecule has 4 rings (SSSR count). The maximum absolute atomic E-state index is 13.5. The maximum Gasteiger partial charge on any atom is 0.310 e. The van der Waals surface area contributed by atoms with Crippen LogP contribution in [0.5, 0.6) is 0 Å². The zero-order valence-corrected chi connectivity index (χ0v) is 18.0. The van der Waals surface area contributed by atoms with Crippen LogP contribution in [0.25, 0.3) is 0 Å². The van der Waals surface area contributed by atoms with Gasteiger partial charge in [0.25, 0.3) is 5.56 Å². The third kappa shape index (κ3) is 4.86. The first-order valence-corrected chi connectivity index (χ1v) is 10.8. The summed E-state index contributed by atoms with van der Waals surface area (Å²) in [6, 6.07) is 5.33. The van der Waals surface area contributed by atoms with Gasteiger partial charge in [0, 0.05) is 25.2 Å². The van der Waals surface area contributed by atoms with E-state index in [0.717, 1.165) is 6.07 Å². The van der Waals surface area contributed by atoms with Gasteiger partial charge >= 0.3 is 5.97 Å². The number of rotatable bonds is 5. The maximum atomic E-state index is 13.5. The standard InChI is InChI=1S/C22H24FN5O5/c1-2-33-21(32)12-5-4-8-28(11-12)22-26-18-17(20(31)27-22)15(10-16(29)25-18)19(30)24-14-7-3-6-13(23)9-14/h3,6-7,9,12,15H,2,4-5,8,10-11H2,1H3,(H,24,30)(H2,25,26,27,29,31)/t12-,15-/m0/s1. The zero-order valence-electron chi connectivity index (χ0n) is 18.0. The van der Waals surface area contributed by atoms with Crippen LogP contribution in [0.15, 0.2) is 29.1 Å². The first-order valence-electron chi connectivity index (χ1n) is 10.8. The second kappa shape index (κ2) is 9.39. The van der Waals surface area contributed by atoms with Gasteiger partial charge in [-0.05, 0) is 38.0 Å². The van der Waals surface area contributed by atoms with Crippen LogP contribution < -0.4 is 21.1 Å². The Morgan fingerprint density at radius 3 is 2.91 bits per heavy atom. The summed E-state index contributed by atoms with van der Waals surface area (Å²) in [7, 11) is 0. The molecule has 2 amide bonds. The van der Waals surface area contributed by atoms with Crippen molar-refractivity contribution < 1.29 is 23.5 Å². The lowest BCUT2D eigenvalue weighted by molar-refractivity contribution is -0.148. The van der Waals surface area contributed by atoms with Crippen molar-refractivity contribution >= 4 is 35.2 Å². The van der Waals surface area contributed by atoms with E-state index in [-0.39, 0.29) is 47.9 Å². The van der Waals surface area contributed by atoms with Gasteiger partial charge in [-0.1, -0.05) is 6.07 Å². The molecule has 0 bridgehead atoms. The van der Waals surface area contributed by atoms with Crippen LogP contribution in [0, 0.1) is 11.7 Å². The molecular formula is C22H24FN5O5. The van der Waals surface area contributed by atoms with E-state index in [9.17, 15) is 23.6 Å². The average molecular weight is 457 g/mol. The Labute approximate surface area is 188 Å². The van der Waals surface area contributed by atoms with Gasteiger partial charge in [-0.15, -0.1) is 0 Å². The van der Waals surface area contributed by atoms with E-state index in [1.54, 1.807) is 11.8 Å². The number of esters is 1. The van der Waals surface area contributed by atoms with Crippen molar-refractivity contribution in [3.05, 3.63) is 46.0 Å². The topological polar surface area (TPSA) is 133 Å². The minimum Gasteiger partial charge on any atom is -0.466 e. The number of halogens is 1. The summed E-state index contributed by atoms with van der Waals surface area (Å²) in [6.07, 6.45) is 1.13. The highest BCUT2D eigenvalue weighted by molar-refractivity contribution is 6.04. The number of hydrogen-bond donors (Lipinski definition) is 3. The molecule has 174 valence electrons. The Balaban J connectivity index is 1.59. The largest absolute Gasteiger partial charge is 0.466 e. The van der Waals surface area contributed by atoms with E-state index in [1.807, 2.05) is 0 Å². The first-order chi connectivity index (χ1) is 15.9. The normalized spacial score (nSPS) is 19.9. The molecule has 0 aliphatic carbocycles. The van der Waals surface area contributed by atoms with E-state index in [4.69, 9.17) is 4.74 Å². The molecule has 33 heavy (non-hydrogen) atoms. The third-order valence-electron chi connectivity index (χ3n) is 5.69. The van der Waals surface area contributed by atoms with Gasteiger partial charge in [0.05, 0.1) is 24.0 Å². The van der Waals surface area contributed by atoms with Crippen molar-refractivity contribution in [2.75, 3.05) is 35.2 Å². The summed E-state index contributed by atoms with van der Waals surface area (Å²) in [5.41, 5.74) is -0.314. The molecule has 1 aromatic carbocycles. The van der Waals surface area contributed by atoms with Crippen LogP contribution in [-0.4, -0.2) is 47.4 Å². The van der Waals surface area contributed by atoms with Crippen molar-refractivity contribution in [3.63, 3.8) is 0 Å². The molecule has 0 saturated carbocycles. The van der Waals surface area contributed by atoms with Crippen LogP contribution >= 0.6 is 0 Å². The lowest BCUT2D eigenvalue weighted by Gasteiger charge is -2.32. The molecule has 2 aliphatic heterocycles. The number of piperidine rings is 1. The number of anilines is 3. The van der Waals surface area contributed by atoms with Crippen LogP contribution in [0.3, 0.4) is 0 Å². The van der Waals surface area contributed by atoms with Crippen molar-refractivity contribution in [3.8, 4) is 0 Å². The fourth-order valence-corrected chi connectivity index (χ4v) is 4.15. The quantitative estimate of drug-likeness (QED) is 0.583. The van der Waals surface area contributed by atoms with Gasteiger partial charge in [-0.3, -0.25) is 24.2 Å². The summed E-state index contributed by atoms with van der Waals surface area (Å²) in [5.74, 6) is -3.13. The molecule has 11 heteroatoms. The molecule has 0 radical (unpaired) electrons. The molecule has 3 N–H and O–H groups in total. The summed E-state index contributed by atoms with van der Waals surface area (Å²) in [5, 5.41) is 5.11. The predicted molar refractivity (Wildman–Crippen MR) is 117 cm³/mol. The highest BCUT2D eigenvalue weighted by Gasteiger charge is 2.36. The van der Waals surface area contributed by atoms with E-state index in [0.29, 0.717) is 25.9 Å². The smallest absolute Gasteiger partial charge is 0.310 e. The first kappa shape index (κ1) is 22.4. The molecule has 2 aliphatic rings. The number of aromatic nitrogens is 2. The predicted octanol–water partition coefficient (Wildman–Crippen LogP) is 1.75. The molecule has 1 fully saturated rings. The second-order valence-corrected chi connectivity index (χ2v) is 7.99. The number of benzene rings is 1. The molecule has 0 unspecified atom stereocenters. The zero-order chi connectivity index (χ0) is 23.5. The van der Waals surface area contributed by atoms with E-state index >= 15 is 0 Å². The van der Waals surface area contributed by atoms with Crippen molar-refractivity contribution in [2.45, 2.75) is 32.1 Å². The molecule has 10 nitrogen and oxygen atoms in total. The number of hydrogen-bond acceptors (Lipinski definition) is 7. The second-order valence-electron chi connectivity index (χ2n) is 7.99. The van der Waals surface area contributed by atoms with Crippen LogP contribution in [-0.2, 0) is 19.1 Å². The van der Waals surface area contributed by atoms with Gasteiger partial charge in [-0.25, -0.2) is 4.39 Å². The Morgan fingerprint density at radius 2 is 2.15 bits per heavy atom. The molecule has 1 aromatic heterocycles. The van der Waals surface area contributed by atoms with E-state index in [1.165, 1.54) is 18.2 Å². The highest BCUT2D eigenvalue weighted by Crippen LogP contribution is 2.31. The van der Waals surface area contributed by atoms with Crippen molar-refractivity contribution in [1.29, 1.82) is 0 Å². The van der Waals surface area contributed by atoms with Crippen LogP contribution in [0.1, 0.15) is 37.7 Å². The Morgan fingerprint density at radius 1 is 1.33 bits per heavy atom. The van der Waals surface area contributed by atoms with Crippen LogP contribution in [0.4, 0.5) is 21.8 Å². The summed E-state index contributed by atoms with van der Waals surface area (Å²) >= 11 is 0.